The molecule has 4 heteroatoms. The first-order valence-electron chi connectivity index (χ1n) is 7.52. The van der Waals surface area contributed by atoms with Crippen molar-refractivity contribution >= 4 is 5.97 Å². The maximum Gasteiger partial charge on any atom is 0.331 e. The number of esters is 1. The minimum absolute atomic E-state index is 0.268. The third kappa shape index (κ3) is 3.62. The largest absolute Gasteiger partial charge is 0.464 e. The van der Waals surface area contributed by atoms with Crippen LogP contribution in [0.4, 0.5) is 0 Å². The van der Waals surface area contributed by atoms with Crippen LogP contribution in [-0.2, 0) is 15.1 Å². The molecule has 4 nitrogen and oxygen atoms in total. The van der Waals surface area contributed by atoms with Crippen LogP contribution in [0, 0.1) is 11.3 Å². The van der Waals surface area contributed by atoms with Crippen LogP contribution >= 0.6 is 0 Å². The summed E-state index contributed by atoms with van der Waals surface area (Å²) in [4.78, 5) is 14.8. The molecule has 0 bridgehead atoms. The number of rotatable bonds is 8. The summed E-state index contributed by atoms with van der Waals surface area (Å²) in [5, 5.41) is 8.99. The van der Waals surface area contributed by atoms with Gasteiger partial charge in [0.15, 0.2) is 0 Å². The molecule has 1 aromatic rings. The lowest BCUT2D eigenvalue weighted by Gasteiger charge is -2.41. The molecule has 0 heterocycles. The molecule has 0 aliphatic rings. The van der Waals surface area contributed by atoms with Crippen molar-refractivity contribution in [3.05, 3.63) is 35.9 Å². The molecule has 0 saturated carbocycles. The third-order valence-corrected chi connectivity index (χ3v) is 3.77. The molecule has 0 aliphatic carbocycles. The van der Waals surface area contributed by atoms with Gasteiger partial charge in [0.2, 0.25) is 0 Å². The highest BCUT2D eigenvalue weighted by Crippen LogP contribution is 2.35. The topological polar surface area (TPSA) is 53.3 Å². The van der Waals surface area contributed by atoms with Crippen molar-refractivity contribution < 1.29 is 9.53 Å². The van der Waals surface area contributed by atoms with Crippen molar-refractivity contribution in [2.24, 2.45) is 0 Å². The summed E-state index contributed by atoms with van der Waals surface area (Å²) < 4.78 is 5.35. The fraction of sp³-hybridized carbons (Fsp3) is 0.529. The highest BCUT2D eigenvalue weighted by Gasteiger charge is 2.45. The average Bonchev–Trinajstić information content (AvgIpc) is 2.52. The van der Waals surface area contributed by atoms with Crippen LogP contribution in [0.3, 0.4) is 0 Å². The van der Waals surface area contributed by atoms with Crippen molar-refractivity contribution in [1.82, 2.24) is 4.90 Å². The maximum atomic E-state index is 12.8. The van der Waals surface area contributed by atoms with Crippen molar-refractivity contribution in [3.8, 4) is 6.07 Å². The number of carbonyl (C=O) groups excluding carboxylic acids is 1. The second kappa shape index (κ2) is 8.43. The minimum Gasteiger partial charge on any atom is -0.464 e. The van der Waals surface area contributed by atoms with Gasteiger partial charge in [-0.05, 0) is 32.0 Å². The van der Waals surface area contributed by atoms with Crippen LogP contribution in [0.1, 0.15) is 39.2 Å². The second-order valence-corrected chi connectivity index (χ2v) is 4.78. The van der Waals surface area contributed by atoms with E-state index in [1.54, 1.807) is 6.92 Å². The molecule has 0 unspecified atom stereocenters. The highest BCUT2D eigenvalue weighted by atomic mass is 16.5. The van der Waals surface area contributed by atoms with Gasteiger partial charge < -0.3 is 4.74 Å². The van der Waals surface area contributed by atoms with E-state index < -0.39 is 5.54 Å². The Morgan fingerprint density at radius 1 is 1.24 bits per heavy atom. The van der Waals surface area contributed by atoms with E-state index in [2.05, 4.69) is 11.0 Å². The van der Waals surface area contributed by atoms with E-state index >= 15 is 0 Å². The van der Waals surface area contributed by atoms with Crippen LogP contribution in [0.25, 0.3) is 0 Å². The van der Waals surface area contributed by atoms with Gasteiger partial charge in [-0.1, -0.05) is 44.2 Å². The molecular weight excluding hydrogens is 264 g/mol. The van der Waals surface area contributed by atoms with Gasteiger partial charge in [0.25, 0.3) is 0 Å². The molecule has 0 aromatic heterocycles. The average molecular weight is 288 g/mol. The van der Waals surface area contributed by atoms with Gasteiger partial charge in [-0.3, -0.25) is 4.90 Å². The Balaban J connectivity index is 3.40. The van der Waals surface area contributed by atoms with E-state index in [4.69, 9.17) is 10.00 Å². The van der Waals surface area contributed by atoms with Crippen molar-refractivity contribution in [1.29, 1.82) is 5.26 Å². The maximum absolute atomic E-state index is 12.8. The summed E-state index contributed by atoms with van der Waals surface area (Å²) >= 11 is 0. The second-order valence-electron chi connectivity index (χ2n) is 4.78. The molecule has 0 aliphatic heterocycles. The Labute approximate surface area is 127 Å². The zero-order chi connectivity index (χ0) is 15.7. The first kappa shape index (κ1) is 17.2. The molecule has 0 spiro atoms. The smallest absolute Gasteiger partial charge is 0.331 e. The molecule has 114 valence electrons. The van der Waals surface area contributed by atoms with Gasteiger partial charge in [0, 0.05) is 6.42 Å². The minimum atomic E-state index is -0.878. The van der Waals surface area contributed by atoms with E-state index in [0.29, 0.717) is 19.4 Å². The van der Waals surface area contributed by atoms with E-state index in [9.17, 15) is 4.79 Å². The first-order chi connectivity index (χ1) is 10.2. The number of nitriles is 1. The van der Waals surface area contributed by atoms with Crippen LogP contribution in [0.15, 0.2) is 30.3 Å². The standard InChI is InChI=1S/C17H24N2O2/c1-4-19(5-2)17(13-10-14-18,16(20)21-6-3)15-11-8-7-9-12-15/h7-9,11-12H,4-6,10,13H2,1-3H3/t17-/m0/s1. The molecule has 21 heavy (non-hydrogen) atoms. The SMILES string of the molecule is CCOC(=O)[C@](CCC#N)(c1ccccc1)N(CC)CC. The van der Waals surface area contributed by atoms with Crippen LogP contribution in [-0.4, -0.2) is 30.6 Å². The van der Waals surface area contributed by atoms with Crippen molar-refractivity contribution in [2.45, 2.75) is 39.2 Å². The molecule has 0 saturated heterocycles. The first-order valence-corrected chi connectivity index (χ1v) is 7.52. The lowest BCUT2D eigenvalue weighted by molar-refractivity contribution is -0.159. The molecule has 0 fully saturated rings. The molecule has 0 N–H and O–H groups in total. The number of benzene rings is 1. The van der Waals surface area contributed by atoms with Crippen LogP contribution in [0.2, 0.25) is 0 Å². The number of hydrogen-bond acceptors (Lipinski definition) is 4. The number of carbonyl (C=O) groups is 1. The zero-order valence-corrected chi connectivity index (χ0v) is 13.1. The number of hydrogen-bond donors (Lipinski definition) is 0. The van der Waals surface area contributed by atoms with Crippen molar-refractivity contribution in [2.75, 3.05) is 19.7 Å². The quantitative estimate of drug-likeness (QED) is 0.690. The predicted octanol–water partition coefficient (Wildman–Crippen LogP) is 3.09. The summed E-state index contributed by atoms with van der Waals surface area (Å²) in [7, 11) is 0. The highest BCUT2D eigenvalue weighted by molar-refractivity contribution is 5.82. The monoisotopic (exact) mass is 288 g/mol. The van der Waals surface area contributed by atoms with Crippen molar-refractivity contribution in [3.63, 3.8) is 0 Å². The summed E-state index contributed by atoms with van der Waals surface area (Å²) in [6, 6.07) is 11.8. The van der Waals surface area contributed by atoms with E-state index in [1.165, 1.54) is 0 Å². The Morgan fingerprint density at radius 3 is 2.33 bits per heavy atom. The van der Waals surface area contributed by atoms with Gasteiger partial charge >= 0.3 is 5.97 Å². The lowest BCUT2D eigenvalue weighted by atomic mass is 9.83. The molecule has 1 atom stereocenters. The van der Waals surface area contributed by atoms with E-state index in [-0.39, 0.29) is 5.97 Å². The fourth-order valence-corrected chi connectivity index (χ4v) is 2.80. The van der Waals surface area contributed by atoms with Gasteiger partial charge in [-0.2, -0.15) is 5.26 Å². The van der Waals surface area contributed by atoms with Crippen LogP contribution < -0.4 is 0 Å². The fourth-order valence-electron chi connectivity index (χ4n) is 2.80. The summed E-state index contributed by atoms with van der Waals surface area (Å²) in [6.07, 6.45) is 0.748. The summed E-state index contributed by atoms with van der Waals surface area (Å²) in [5.74, 6) is -0.268. The van der Waals surface area contributed by atoms with Gasteiger partial charge in [0.05, 0.1) is 12.7 Å². The van der Waals surface area contributed by atoms with Gasteiger partial charge in [-0.25, -0.2) is 4.79 Å². The van der Waals surface area contributed by atoms with E-state index in [0.717, 1.165) is 18.7 Å². The molecule has 0 amide bonds. The van der Waals surface area contributed by atoms with Gasteiger partial charge in [0.1, 0.15) is 5.54 Å². The predicted molar refractivity (Wildman–Crippen MR) is 82.5 cm³/mol. The summed E-state index contributed by atoms with van der Waals surface area (Å²) in [6.45, 7) is 7.62. The molecule has 1 aromatic carbocycles. The lowest BCUT2D eigenvalue weighted by Crippen LogP contribution is -2.52. The number of nitrogens with zero attached hydrogens (tertiary/aromatic N) is 2. The zero-order valence-electron chi connectivity index (χ0n) is 13.1. The van der Waals surface area contributed by atoms with Crippen LogP contribution in [0.5, 0.6) is 0 Å². The van der Waals surface area contributed by atoms with E-state index in [1.807, 2.05) is 44.2 Å². The molecular formula is C17H24N2O2. The number of ether oxygens (including phenoxy) is 1. The Hall–Kier alpha value is -1.86. The number of likely N-dealkylation sites (N-methyl/N-ethyl adjacent to an activating group) is 1. The molecule has 1 rings (SSSR count). The summed E-state index contributed by atoms with van der Waals surface area (Å²) in [5.41, 5.74) is 0.0126. The Morgan fingerprint density at radius 2 is 1.86 bits per heavy atom. The normalized spacial score (nSPS) is 13.5. The molecule has 0 radical (unpaired) electrons. The Kier molecular flexibility index (Phi) is 6.90. The van der Waals surface area contributed by atoms with Gasteiger partial charge in [-0.15, -0.1) is 0 Å². The Bertz CT molecular complexity index is 477. The third-order valence-electron chi connectivity index (χ3n) is 3.77.